The minimum Gasteiger partial charge on any atom is -0.340 e. The van der Waals surface area contributed by atoms with Crippen LogP contribution >= 0.6 is 11.6 Å². The van der Waals surface area contributed by atoms with Gasteiger partial charge in [0.2, 0.25) is 5.95 Å². The Kier molecular flexibility index (Phi) is 4.88. The van der Waals surface area contributed by atoms with E-state index < -0.39 is 9.84 Å². The minimum absolute atomic E-state index is 0.0902. The third-order valence-electron chi connectivity index (χ3n) is 4.38. The monoisotopic (exact) mass is 380 g/mol. The molecule has 2 heterocycles. The van der Waals surface area contributed by atoms with Crippen LogP contribution in [0.2, 0.25) is 5.02 Å². The molecule has 134 valence electrons. The molecule has 6 nitrogen and oxygen atoms in total. The number of rotatable bonds is 4. The van der Waals surface area contributed by atoms with Crippen LogP contribution in [-0.4, -0.2) is 43.0 Å². The van der Waals surface area contributed by atoms with E-state index in [-0.39, 0.29) is 17.5 Å². The quantitative estimate of drug-likeness (QED) is 0.878. The van der Waals surface area contributed by atoms with Gasteiger partial charge in [0.05, 0.1) is 11.5 Å². The van der Waals surface area contributed by atoms with Gasteiger partial charge in [-0.3, -0.25) is 0 Å². The van der Waals surface area contributed by atoms with Crippen molar-refractivity contribution in [1.82, 2.24) is 9.97 Å². The van der Waals surface area contributed by atoms with E-state index in [1.54, 1.807) is 0 Å². The molecule has 1 aromatic heterocycles. The molecule has 0 saturated carbocycles. The summed E-state index contributed by atoms with van der Waals surface area (Å²) in [6.45, 7) is 3.88. The van der Waals surface area contributed by atoms with Gasteiger partial charge in [0, 0.05) is 35.6 Å². The highest BCUT2D eigenvalue weighted by atomic mass is 35.5. The topological polar surface area (TPSA) is 75.2 Å². The van der Waals surface area contributed by atoms with Gasteiger partial charge in [0.25, 0.3) is 0 Å². The van der Waals surface area contributed by atoms with Crippen LogP contribution in [0.3, 0.4) is 0 Å². The fourth-order valence-electron chi connectivity index (χ4n) is 2.89. The average molecular weight is 381 g/mol. The fraction of sp³-hybridized carbons (Fsp3) is 0.412. The summed E-state index contributed by atoms with van der Waals surface area (Å²) in [6, 6.07) is 7.39. The molecule has 1 saturated heterocycles. The summed E-state index contributed by atoms with van der Waals surface area (Å²) in [5.41, 5.74) is 2.74. The van der Waals surface area contributed by atoms with Gasteiger partial charge in [0.15, 0.2) is 9.84 Å². The summed E-state index contributed by atoms with van der Waals surface area (Å²) < 4.78 is 23.5. The van der Waals surface area contributed by atoms with E-state index in [4.69, 9.17) is 11.6 Å². The Bertz CT molecular complexity index is 902. The van der Waals surface area contributed by atoms with Crippen LogP contribution < -0.4 is 10.2 Å². The third kappa shape index (κ3) is 4.22. The summed E-state index contributed by atoms with van der Waals surface area (Å²) in [4.78, 5) is 10.9. The molecule has 1 unspecified atom stereocenters. The van der Waals surface area contributed by atoms with Crippen LogP contribution in [0.15, 0.2) is 24.3 Å². The number of aromatic nitrogens is 2. The van der Waals surface area contributed by atoms with Crippen molar-refractivity contribution in [2.45, 2.75) is 26.3 Å². The first kappa shape index (κ1) is 17.9. The summed E-state index contributed by atoms with van der Waals surface area (Å²) >= 11 is 6.07. The molecule has 3 rings (SSSR count). The molecule has 1 aliphatic rings. The number of hydrogen-bond donors (Lipinski definition) is 1. The zero-order chi connectivity index (χ0) is 18.2. The molecule has 2 aromatic rings. The van der Waals surface area contributed by atoms with Crippen molar-refractivity contribution in [2.75, 3.05) is 28.8 Å². The largest absolute Gasteiger partial charge is 0.340 e. The number of sulfone groups is 1. The highest BCUT2D eigenvalue weighted by Gasteiger charge is 2.31. The molecule has 25 heavy (non-hydrogen) atoms. The SMILES string of the molecule is Cc1cc(Nc2cc(Cl)ccc2C)nc(N(C)C2CCS(=O)(=O)C2)n1. The maximum atomic E-state index is 11.7. The first-order chi connectivity index (χ1) is 11.7. The predicted octanol–water partition coefficient (Wildman–Crippen LogP) is 3.11. The third-order valence-corrected chi connectivity index (χ3v) is 6.36. The van der Waals surface area contributed by atoms with Crippen LogP contribution in [0.5, 0.6) is 0 Å². The van der Waals surface area contributed by atoms with E-state index in [0.29, 0.717) is 23.2 Å². The van der Waals surface area contributed by atoms with Crippen molar-refractivity contribution in [3.05, 3.63) is 40.5 Å². The molecule has 1 fully saturated rings. The lowest BCUT2D eigenvalue weighted by Gasteiger charge is -2.24. The lowest BCUT2D eigenvalue weighted by molar-refractivity contribution is 0.600. The molecule has 0 aliphatic carbocycles. The van der Waals surface area contributed by atoms with Gasteiger partial charge in [-0.25, -0.2) is 13.4 Å². The smallest absolute Gasteiger partial charge is 0.227 e. The molecular formula is C17H21ClN4O2S. The summed E-state index contributed by atoms with van der Waals surface area (Å²) in [6.07, 6.45) is 0.603. The van der Waals surface area contributed by atoms with E-state index in [1.807, 2.05) is 50.1 Å². The minimum atomic E-state index is -2.96. The second-order valence-electron chi connectivity index (χ2n) is 6.45. The van der Waals surface area contributed by atoms with Crippen LogP contribution in [0, 0.1) is 13.8 Å². The fourth-order valence-corrected chi connectivity index (χ4v) is 4.83. The number of aryl methyl sites for hydroxylation is 2. The molecule has 8 heteroatoms. The van der Waals surface area contributed by atoms with Crippen LogP contribution in [0.25, 0.3) is 0 Å². The normalized spacial score (nSPS) is 19.0. The average Bonchev–Trinajstić information content (AvgIpc) is 2.89. The van der Waals surface area contributed by atoms with Gasteiger partial charge >= 0.3 is 0 Å². The number of nitrogens with one attached hydrogen (secondary N) is 1. The van der Waals surface area contributed by atoms with E-state index in [0.717, 1.165) is 16.9 Å². The molecule has 0 radical (unpaired) electrons. The maximum Gasteiger partial charge on any atom is 0.227 e. The van der Waals surface area contributed by atoms with Gasteiger partial charge in [-0.2, -0.15) is 4.98 Å². The molecule has 1 N–H and O–H groups in total. The summed E-state index contributed by atoms with van der Waals surface area (Å²) in [5, 5.41) is 3.92. The lowest BCUT2D eigenvalue weighted by Crippen LogP contribution is -2.34. The number of nitrogens with zero attached hydrogens (tertiary/aromatic N) is 3. The highest BCUT2D eigenvalue weighted by Crippen LogP contribution is 2.26. The van der Waals surface area contributed by atoms with E-state index >= 15 is 0 Å². The Morgan fingerprint density at radius 2 is 2.00 bits per heavy atom. The first-order valence-electron chi connectivity index (χ1n) is 8.05. The number of hydrogen-bond acceptors (Lipinski definition) is 6. The number of halogens is 1. The zero-order valence-electron chi connectivity index (χ0n) is 14.5. The zero-order valence-corrected chi connectivity index (χ0v) is 16.0. The number of benzene rings is 1. The van der Waals surface area contributed by atoms with Crippen LogP contribution in [-0.2, 0) is 9.84 Å². The van der Waals surface area contributed by atoms with Gasteiger partial charge in [-0.15, -0.1) is 0 Å². The Labute approximate surface area is 153 Å². The standard InChI is InChI=1S/C17H21ClN4O2S/c1-11-4-5-13(18)9-15(11)20-16-8-12(2)19-17(21-16)22(3)14-6-7-25(23,24)10-14/h4-5,8-9,14H,6-7,10H2,1-3H3,(H,19,20,21). The first-order valence-corrected chi connectivity index (χ1v) is 10.3. The Hall–Kier alpha value is -1.86. The molecule has 1 aliphatic heterocycles. The molecule has 0 bridgehead atoms. The van der Waals surface area contributed by atoms with Crippen LogP contribution in [0.1, 0.15) is 17.7 Å². The summed E-state index contributed by atoms with van der Waals surface area (Å²) in [7, 11) is -1.11. The number of anilines is 3. The summed E-state index contributed by atoms with van der Waals surface area (Å²) in [5.74, 6) is 1.54. The Morgan fingerprint density at radius 1 is 1.24 bits per heavy atom. The molecule has 1 atom stereocenters. The van der Waals surface area contributed by atoms with Crippen LogP contribution in [0.4, 0.5) is 17.5 Å². The maximum absolute atomic E-state index is 11.7. The second kappa shape index (κ2) is 6.80. The Morgan fingerprint density at radius 3 is 2.68 bits per heavy atom. The Balaban J connectivity index is 1.86. The second-order valence-corrected chi connectivity index (χ2v) is 9.11. The molecule has 1 aromatic carbocycles. The van der Waals surface area contributed by atoms with Gasteiger partial charge in [-0.05, 0) is 38.0 Å². The van der Waals surface area contributed by atoms with Gasteiger partial charge in [-0.1, -0.05) is 17.7 Å². The van der Waals surface area contributed by atoms with Crippen molar-refractivity contribution in [1.29, 1.82) is 0 Å². The predicted molar refractivity (Wildman–Crippen MR) is 102 cm³/mol. The molecular weight excluding hydrogens is 360 g/mol. The van der Waals surface area contributed by atoms with Crippen molar-refractivity contribution < 1.29 is 8.42 Å². The van der Waals surface area contributed by atoms with E-state index in [1.165, 1.54) is 0 Å². The van der Waals surface area contributed by atoms with Crippen molar-refractivity contribution in [3.8, 4) is 0 Å². The van der Waals surface area contributed by atoms with Gasteiger partial charge < -0.3 is 10.2 Å². The molecule has 0 amide bonds. The molecule has 0 spiro atoms. The van der Waals surface area contributed by atoms with Crippen molar-refractivity contribution in [3.63, 3.8) is 0 Å². The van der Waals surface area contributed by atoms with E-state index in [9.17, 15) is 8.42 Å². The highest BCUT2D eigenvalue weighted by molar-refractivity contribution is 7.91. The van der Waals surface area contributed by atoms with E-state index in [2.05, 4.69) is 15.3 Å². The van der Waals surface area contributed by atoms with Gasteiger partial charge in [0.1, 0.15) is 5.82 Å². The lowest BCUT2D eigenvalue weighted by atomic mass is 10.2. The van der Waals surface area contributed by atoms with Crippen molar-refractivity contribution in [2.24, 2.45) is 0 Å². The van der Waals surface area contributed by atoms with Crippen molar-refractivity contribution >= 4 is 38.9 Å².